The van der Waals surface area contributed by atoms with Crippen molar-refractivity contribution < 1.29 is 4.74 Å². The van der Waals surface area contributed by atoms with Gasteiger partial charge in [-0.25, -0.2) is 4.98 Å². The highest BCUT2D eigenvalue weighted by Gasteiger charge is 1.99. The Balaban J connectivity index is 1.52. The fourth-order valence-electron chi connectivity index (χ4n) is 2.01. The second-order valence-electron chi connectivity index (χ2n) is 4.87. The Morgan fingerprint density at radius 2 is 1.55 bits per heavy atom. The quantitative estimate of drug-likeness (QED) is 0.601. The summed E-state index contributed by atoms with van der Waals surface area (Å²) in [5, 5.41) is 1.05. The molecule has 0 aliphatic rings. The van der Waals surface area contributed by atoms with Gasteiger partial charge in [0.05, 0.1) is 5.03 Å². The molecule has 2 nitrogen and oxygen atoms in total. The Morgan fingerprint density at radius 3 is 2.27 bits per heavy atom. The molecule has 0 saturated heterocycles. The van der Waals surface area contributed by atoms with Crippen LogP contribution < -0.4 is 4.74 Å². The molecule has 0 N–H and O–H groups in total. The second-order valence-corrected chi connectivity index (χ2v) is 5.87. The minimum atomic E-state index is 0.600. The van der Waals surface area contributed by atoms with Crippen LogP contribution in [0.25, 0.3) is 0 Å². The fourth-order valence-corrected chi connectivity index (χ4v) is 2.83. The lowest BCUT2D eigenvalue weighted by molar-refractivity contribution is 0.306. The number of benzene rings is 2. The zero-order chi connectivity index (χ0) is 15.0. The van der Waals surface area contributed by atoms with Crippen LogP contribution in [0, 0.1) is 0 Å². The van der Waals surface area contributed by atoms with E-state index in [4.69, 9.17) is 4.74 Å². The van der Waals surface area contributed by atoms with Crippen molar-refractivity contribution in [3.05, 3.63) is 90.1 Å². The van der Waals surface area contributed by atoms with Crippen LogP contribution in [-0.4, -0.2) is 4.98 Å². The van der Waals surface area contributed by atoms with Gasteiger partial charge in [0.25, 0.3) is 0 Å². The van der Waals surface area contributed by atoms with E-state index in [1.165, 1.54) is 11.1 Å². The number of rotatable bonds is 6. The van der Waals surface area contributed by atoms with Gasteiger partial charge >= 0.3 is 0 Å². The number of thioether (sulfide) groups is 1. The fraction of sp³-hybridized carbons (Fsp3) is 0.105. The number of nitrogens with zero attached hydrogens (tertiary/aromatic N) is 1. The summed E-state index contributed by atoms with van der Waals surface area (Å²) in [4.78, 5) is 4.31. The molecular formula is C19H17NOS. The van der Waals surface area contributed by atoms with Crippen LogP contribution >= 0.6 is 11.8 Å². The number of aromatic nitrogens is 1. The van der Waals surface area contributed by atoms with E-state index in [-0.39, 0.29) is 0 Å². The van der Waals surface area contributed by atoms with E-state index in [0.29, 0.717) is 6.61 Å². The molecule has 0 saturated carbocycles. The number of hydrogen-bond acceptors (Lipinski definition) is 3. The Kier molecular flexibility index (Phi) is 5.11. The first-order chi connectivity index (χ1) is 10.9. The minimum Gasteiger partial charge on any atom is -0.489 e. The van der Waals surface area contributed by atoms with Crippen LogP contribution in [0.15, 0.2) is 84.0 Å². The standard InChI is InChI=1S/C19H17NOS/c1-2-6-16(7-3-1)14-21-18-11-9-17(10-12-18)15-22-19-8-4-5-13-20-19/h1-13H,14-15H2. The van der Waals surface area contributed by atoms with E-state index in [2.05, 4.69) is 29.2 Å². The van der Waals surface area contributed by atoms with Crippen LogP contribution in [0.5, 0.6) is 5.75 Å². The van der Waals surface area contributed by atoms with Gasteiger partial charge in [-0.15, -0.1) is 11.8 Å². The lowest BCUT2D eigenvalue weighted by Gasteiger charge is -2.07. The molecule has 0 amide bonds. The van der Waals surface area contributed by atoms with Gasteiger partial charge in [-0.3, -0.25) is 0 Å². The Labute approximate surface area is 135 Å². The summed E-state index contributed by atoms with van der Waals surface area (Å²) in [5.74, 6) is 1.81. The van der Waals surface area contributed by atoms with Gasteiger partial charge in [0.15, 0.2) is 0 Å². The number of ether oxygens (including phenoxy) is 1. The van der Waals surface area contributed by atoms with Gasteiger partial charge in [0.1, 0.15) is 12.4 Å². The molecule has 3 aromatic rings. The van der Waals surface area contributed by atoms with E-state index in [1.807, 2.05) is 54.7 Å². The van der Waals surface area contributed by atoms with Gasteiger partial charge in [-0.05, 0) is 35.4 Å². The molecule has 110 valence electrons. The first-order valence-corrected chi connectivity index (χ1v) is 8.18. The molecule has 0 atom stereocenters. The molecule has 0 aliphatic carbocycles. The Morgan fingerprint density at radius 1 is 0.773 bits per heavy atom. The monoisotopic (exact) mass is 307 g/mol. The topological polar surface area (TPSA) is 22.1 Å². The lowest BCUT2D eigenvalue weighted by atomic mass is 10.2. The van der Waals surface area contributed by atoms with E-state index in [9.17, 15) is 0 Å². The van der Waals surface area contributed by atoms with Gasteiger partial charge in [-0.2, -0.15) is 0 Å². The van der Waals surface area contributed by atoms with Crippen molar-refractivity contribution in [1.82, 2.24) is 4.98 Å². The van der Waals surface area contributed by atoms with Crippen molar-refractivity contribution in [2.75, 3.05) is 0 Å². The molecule has 0 spiro atoms. The maximum absolute atomic E-state index is 5.79. The van der Waals surface area contributed by atoms with Crippen molar-refractivity contribution in [3.8, 4) is 5.75 Å². The van der Waals surface area contributed by atoms with Gasteiger partial charge in [-0.1, -0.05) is 48.5 Å². The molecule has 3 heteroatoms. The van der Waals surface area contributed by atoms with Crippen molar-refractivity contribution in [2.45, 2.75) is 17.4 Å². The third-order valence-corrected chi connectivity index (χ3v) is 4.21. The average Bonchev–Trinajstić information content (AvgIpc) is 2.61. The molecule has 3 rings (SSSR count). The molecule has 0 radical (unpaired) electrons. The highest BCUT2D eigenvalue weighted by atomic mass is 32.2. The minimum absolute atomic E-state index is 0.600. The molecule has 0 fully saturated rings. The van der Waals surface area contributed by atoms with Gasteiger partial charge < -0.3 is 4.74 Å². The van der Waals surface area contributed by atoms with Crippen LogP contribution in [0.4, 0.5) is 0 Å². The van der Waals surface area contributed by atoms with Crippen molar-refractivity contribution >= 4 is 11.8 Å². The number of hydrogen-bond donors (Lipinski definition) is 0. The summed E-state index contributed by atoms with van der Waals surface area (Å²) in [6, 6.07) is 24.4. The molecule has 0 aliphatic heterocycles. The zero-order valence-electron chi connectivity index (χ0n) is 12.2. The normalized spacial score (nSPS) is 10.4. The van der Waals surface area contributed by atoms with E-state index >= 15 is 0 Å². The lowest BCUT2D eigenvalue weighted by Crippen LogP contribution is -1.94. The third-order valence-electron chi connectivity index (χ3n) is 3.20. The summed E-state index contributed by atoms with van der Waals surface area (Å²) < 4.78 is 5.79. The summed E-state index contributed by atoms with van der Waals surface area (Å²) in [5.41, 5.74) is 2.44. The largest absolute Gasteiger partial charge is 0.489 e. The first-order valence-electron chi connectivity index (χ1n) is 7.20. The van der Waals surface area contributed by atoms with E-state index in [0.717, 1.165) is 16.5 Å². The van der Waals surface area contributed by atoms with Crippen LogP contribution in [-0.2, 0) is 12.4 Å². The molecular weight excluding hydrogens is 290 g/mol. The predicted molar refractivity (Wildman–Crippen MR) is 91.0 cm³/mol. The smallest absolute Gasteiger partial charge is 0.119 e. The van der Waals surface area contributed by atoms with Crippen LogP contribution in [0.1, 0.15) is 11.1 Å². The van der Waals surface area contributed by atoms with Crippen LogP contribution in [0.3, 0.4) is 0 Å². The SMILES string of the molecule is c1ccc(COc2ccc(CSc3ccccn3)cc2)cc1. The van der Waals surface area contributed by atoms with E-state index < -0.39 is 0 Å². The highest BCUT2D eigenvalue weighted by Crippen LogP contribution is 2.22. The molecule has 2 aromatic carbocycles. The molecule has 0 unspecified atom stereocenters. The van der Waals surface area contributed by atoms with E-state index in [1.54, 1.807) is 11.8 Å². The van der Waals surface area contributed by atoms with Crippen molar-refractivity contribution in [2.24, 2.45) is 0 Å². The highest BCUT2D eigenvalue weighted by molar-refractivity contribution is 7.98. The molecule has 1 heterocycles. The molecule has 1 aromatic heterocycles. The van der Waals surface area contributed by atoms with Crippen LogP contribution in [0.2, 0.25) is 0 Å². The summed E-state index contributed by atoms with van der Waals surface area (Å²) in [6.07, 6.45) is 1.82. The first kappa shape index (κ1) is 14.7. The third kappa shape index (κ3) is 4.37. The molecule has 22 heavy (non-hydrogen) atoms. The average molecular weight is 307 g/mol. The zero-order valence-corrected chi connectivity index (χ0v) is 13.0. The summed E-state index contributed by atoms with van der Waals surface area (Å²) in [6.45, 7) is 0.600. The summed E-state index contributed by atoms with van der Waals surface area (Å²) >= 11 is 1.74. The van der Waals surface area contributed by atoms with Gasteiger partial charge in [0, 0.05) is 11.9 Å². The molecule has 0 bridgehead atoms. The predicted octanol–water partition coefficient (Wildman–Crippen LogP) is 4.95. The maximum Gasteiger partial charge on any atom is 0.119 e. The maximum atomic E-state index is 5.79. The number of pyridine rings is 1. The Hall–Kier alpha value is -2.26. The Bertz CT molecular complexity index is 621. The summed E-state index contributed by atoms with van der Waals surface area (Å²) in [7, 11) is 0. The van der Waals surface area contributed by atoms with Crippen molar-refractivity contribution in [3.63, 3.8) is 0 Å². The van der Waals surface area contributed by atoms with Crippen molar-refractivity contribution in [1.29, 1.82) is 0 Å². The second kappa shape index (κ2) is 7.66. The van der Waals surface area contributed by atoms with Gasteiger partial charge in [0.2, 0.25) is 0 Å².